The van der Waals surface area contributed by atoms with Crippen molar-refractivity contribution in [3.63, 3.8) is 0 Å². The Bertz CT molecular complexity index is 1070. The van der Waals surface area contributed by atoms with Gasteiger partial charge in [-0.25, -0.2) is 0 Å². The number of nitrogens with one attached hydrogen (secondary N) is 4. The van der Waals surface area contributed by atoms with E-state index in [4.69, 9.17) is 21.3 Å². The van der Waals surface area contributed by atoms with Crippen LogP contribution in [0.2, 0.25) is 0 Å². The molecule has 8 nitrogen and oxygen atoms in total. The number of unbranched alkanes of at least 4 members (excludes halogenated alkanes) is 1. The van der Waals surface area contributed by atoms with Crippen LogP contribution in [0.1, 0.15) is 87.1 Å². The van der Waals surface area contributed by atoms with Crippen molar-refractivity contribution < 1.29 is 9.84 Å². The van der Waals surface area contributed by atoms with Crippen LogP contribution in [0.4, 0.5) is 5.69 Å². The number of para-hydroxylation sites is 1. The van der Waals surface area contributed by atoms with E-state index in [2.05, 4.69) is 70.2 Å². The van der Waals surface area contributed by atoms with Gasteiger partial charge in [-0.15, -0.1) is 0 Å². The van der Waals surface area contributed by atoms with Crippen LogP contribution < -0.4 is 21.1 Å². The van der Waals surface area contributed by atoms with Crippen molar-refractivity contribution in [3.8, 4) is 5.75 Å². The van der Waals surface area contributed by atoms with Crippen molar-refractivity contribution in [2.45, 2.75) is 93.7 Å². The molecule has 0 radical (unpaired) electrons. The molecule has 43 heavy (non-hydrogen) atoms. The second kappa shape index (κ2) is 23.1. The Morgan fingerprint density at radius 3 is 2.09 bits per heavy atom. The van der Waals surface area contributed by atoms with Crippen LogP contribution in [0.25, 0.3) is 5.57 Å². The number of allylic oxidation sites excluding steroid dienone is 1. The Morgan fingerprint density at radius 1 is 1.16 bits per heavy atom. The summed E-state index contributed by atoms with van der Waals surface area (Å²) in [5, 5.41) is 32.0. The van der Waals surface area contributed by atoms with Crippen LogP contribution in [-0.2, 0) is 0 Å². The number of ether oxygens (including phenoxy) is 1. The third-order valence-corrected chi connectivity index (χ3v) is 6.26. The lowest BCUT2D eigenvalue weighted by Gasteiger charge is -2.40. The van der Waals surface area contributed by atoms with Crippen molar-refractivity contribution >= 4 is 22.8 Å². The number of likely N-dealkylation sites (tertiary alicyclic amines) is 1. The van der Waals surface area contributed by atoms with E-state index in [1.54, 1.807) is 27.1 Å². The normalized spacial score (nSPS) is 13.9. The molecule has 7 N–H and O–H groups in total. The first kappa shape index (κ1) is 41.8. The zero-order chi connectivity index (χ0) is 33.7. The molecular weight excluding hydrogens is 536 g/mol. The lowest BCUT2D eigenvalue weighted by Crippen LogP contribution is -2.48. The van der Waals surface area contributed by atoms with Crippen LogP contribution in [0, 0.1) is 16.7 Å². The summed E-state index contributed by atoms with van der Waals surface area (Å²) in [6.07, 6.45) is 5.69. The van der Waals surface area contributed by atoms with Gasteiger partial charge in [0.2, 0.25) is 0 Å². The molecule has 1 aliphatic heterocycles. The van der Waals surface area contributed by atoms with Crippen molar-refractivity contribution in [2.24, 2.45) is 11.7 Å². The molecule has 1 unspecified atom stereocenters. The van der Waals surface area contributed by atoms with E-state index in [0.29, 0.717) is 28.4 Å². The molecule has 8 heteroatoms. The molecule has 0 aliphatic carbocycles. The molecule has 0 bridgehead atoms. The summed E-state index contributed by atoms with van der Waals surface area (Å²) in [5.41, 5.74) is 9.02. The van der Waals surface area contributed by atoms with Gasteiger partial charge < -0.3 is 31.1 Å². The van der Waals surface area contributed by atoms with Crippen LogP contribution in [-0.4, -0.2) is 60.9 Å². The number of aliphatic hydroxyl groups is 1. The van der Waals surface area contributed by atoms with Gasteiger partial charge in [0.25, 0.3) is 0 Å². The molecule has 0 saturated carbocycles. The van der Waals surface area contributed by atoms with E-state index in [1.165, 1.54) is 25.6 Å². The Balaban J connectivity index is 0. The second-order valence-electron chi connectivity index (χ2n) is 10.6. The van der Waals surface area contributed by atoms with E-state index in [1.807, 2.05) is 32.1 Å². The molecule has 1 aromatic carbocycles. The number of aliphatic hydroxyl groups excluding tert-OH is 1. The summed E-state index contributed by atoms with van der Waals surface area (Å²) in [6, 6.07) is 6.31. The fourth-order valence-corrected chi connectivity index (χ4v) is 3.92. The number of amidine groups is 1. The van der Waals surface area contributed by atoms with Crippen LogP contribution in [0.5, 0.6) is 5.75 Å². The zero-order valence-corrected chi connectivity index (χ0v) is 28.9. The molecule has 2 rings (SSSR count). The van der Waals surface area contributed by atoms with Crippen LogP contribution in [0.3, 0.4) is 0 Å². The van der Waals surface area contributed by atoms with Gasteiger partial charge in [-0.05, 0) is 50.3 Å². The predicted octanol–water partition coefficient (Wildman–Crippen LogP) is 7.59. The topological polar surface area (TPSA) is 130 Å². The number of methoxy groups -OCH3 is 1. The molecule has 0 aromatic heterocycles. The maximum absolute atomic E-state index is 10.1. The number of anilines is 1. The summed E-state index contributed by atoms with van der Waals surface area (Å²) in [4.78, 5) is 2.49. The lowest BCUT2D eigenvalue weighted by molar-refractivity contribution is 0.0787. The molecule has 0 spiro atoms. The highest BCUT2D eigenvalue weighted by molar-refractivity contribution is 6.14. The van der Waals surface area contributed by atoms with Crippen molar-refractivity contribution in [3.05, 3.63) is 66.0 Å². The maximum atomic E-state index is 10.1. The Hall–Kier alpha value is -3.36. The number of benzene rings is 1. The highest BCUT2D eigenvalue weighted by Gasteiger charge is 2.23. The molecule has 244 valence electrons. The van der Waals surface area contributed by atoms with E-state index < -0.39 is 6.10 Å². The Kier molecular flexibility index (Phi) is 22.5. The van der Waals surface area contributed by atoms with Crippen LogP contribution in [0.15, 0.2) is 60.5 Å². The van der Waals surface area contributed by atoms with Gasteiger partial charge in [-0.2, -0.15) is 0 Å². The molecule has 1 fully saturated rings. The minimum absolute atomic E-state index is 0.0651. The molecule has 1 aliphatic rings. The third-order valence-electron chi connectivity index (χ3n) is 6.26. The zero-order valence-electron chi connectivity index (χ0n) is 28.9. The summed E-state index contributed by atoms with van der Waals surface area (Å²) >= 11 is 0. The van der Waals surface area contributed by atoms with Crippen molar-refractivity contribution in [1.82, 2.24) is 10.2 Å². The molecular formula is C35H62N6O2. The third kappa shape index (κ3) is 15.1. The standard InChI is InChI=1S/C23H33N5O2.C7H15N.C3H8.C2H6/c1-7-8-10-17(14(2)16(4)29)18-11-9-12-19(23(18)30-6)28-20(13-21(24)25)22(26)15(3)27-5;1-6(2)8-4-7(3)5-8;1-3-2;1-2/h9-13,16,26-29H,2-3,7-8H2,1,4-6H3,(H3,24,25);6-7H,4-5H2,1-3H3;3H2,1-2H3;1-2H3/b17-10+,20-13+,26-22?;;;. The van der Waals surface area contributed by atoms with Gasteiger partial charge in [-0.1, -0.05) is 85.8 Å². The number of nitrogens with zero attached hydrogens (tertiary/aromatic N) is 1. The first-order valence-electron chi connectivity index (χ1n) is 15.6. The Morgan fingerprint density at radius 2 is 1.72 bits per heavy atom. The van der Waals surface area contributed by atoms with E-state index >= 15 is 0 Å². The average molecular weight is 599 g/mol. The van der Waals surface area contributed by atoms with Gasteiger partial charge in [0.05, 0.1) is 30.3 Å². The first-order chi connectivity index (χ1) is 20.3. The summed E-state index contributed by atoms with van der Waals surface area (Å²) in [5.74, 6) is 1.28. The minimum atomic E-state index is -0.713. The van der Waals surface area contributed by atoms with Gasteiger partial charge >= 0.3 is 0 Å². The quantitative estimate of drug-likeness (QED) is 0.0788. The van der Waals surface area contributed by atoms with Gasteiger partial charge in [0.1, 0.15) is 17.3 Å². The fourth-order valence-electron chi connectivity index (χ4n) is 3.92. The summed E-state index contributed by atoms with van der Waals surface area (Å²) in [7, 11) is 3.22. The molecule has 1 saturated heterocycles. The van der Waals surface area contributed by atoms with E-state index in [-0.39, 0.29) is 11.5 Å². The van der Waals surface area contributed by atoms with Crippen molar-refractivity contribution in [1.29, 1.82) is 10.8 Å². The summed E-state index contributed by atoms with van der Waals surface area (Å²) in [6.45, 7) is 29.3. The molecule has 1 heterocycles. The van der Waals surface area contributed by atoms with E-state index in [0.717, 1.165) is 35.9 Å². The SMILES string of the molecule is C=C(NC)C(=N)/C(=C\C(=N)N)Nc1cccc(/C(=C/CCC)C(=C)C(C)O)c1OC.CC.CC1CN(C(C)C)C1.CCC. The largest absolute Gasteiger partial charge is 0.494 e. The lowest BCUT2D eigenvalue weighted by atomic mass is 9.93. The number of rotatable bonds is 13. The summed E-state index contributed by atoms with van der Waals surface area (Å²) < 4.78 is 5.69. The highest BCUT2D eigenvalue weighted by atomic mass is 16.5. The Labute approximate surface area is 263 Å². The number of hydrogen-bond acceptors (Lipinski definition) is 7. The molecule has 1 aromatic rings. The van der Waals surface area contributed by atoms with E-state index in [9.17, 15) is 5.11 Å². The van der Waals surface area contributed by atoms with Crippen molar-refractivity contribution in [2.75, 3.05) is 32.6 Å². The van der Waals surface area contributed by atoms with Gasteiger partial charge in [0, 0.05) is 37.8 Å². The monoisotopic (exact) mass is 598 g/mol. The van der Waals surface area contributed by atoms with Crippen LogP contribution >= 0.6 is 0 Å². The molecule has 0 amide bonds. The highest BCUT2D eigenvalue weighted by Crippen LogP contribution is 2.38. The second-order valence-corrected chi connectivity index (χ2v) is 10.6. The van der Waals surface area contributed by atoms with Gasteiger partial charge in [0.15, 0.2) is 0 Å². The smallest absolute Gasteiger partial charge is 0.150 e. The number of hydrogen-bond donors (Lipinski definition) is 6. The molecule has 1 atom stereocenters. The predicted molar refractivity (Wildman–Crippen MR) is 189 cm³/mol. The van der Waals surface area contributed by atoms with Gasteiger partial charge in [-0.3, -0.25) is 10.8 Å². The maximum Gasteiger partial charge on any atom is 0.150 e. The first-order valence-corrected chi connectivity index (χ1v) is 15.6. The minimum Gasteiger partial charge on any atom is -0.494 e. The average Bonchev–Trinajstić information content (AvgIpc) is 2.95. The fraction of sp³-hybridized carbons (Fsp3) is 0.543. The number of nitrogens with two attached hydrogens (primary N) is 1.